The highest BCUT2D eigenvalue weighted by Crippen LogP contribution is 2.44. The van der Waals surface area contributed by atoms with Crippen LogP contribution < -0.4 is 0 Å². The van der Waals surface area contributed by atoms with Crippen LogP contribution in [0.15, 0.2) is 41.1 Å². The van der Waals surface area contributed by atoms with Crippen molar-refractivity contribution in [1.82, 2.24) is 0 Å². The van der Waals surface area contributed by atoms with Crippen LogP contribution in [0.5, 0.6) is 0 Å². The van der Waals surface area contributed by atoms with Crippen molar-refractivity contribution in [3.05, 3.63) is 36.1 Å². The third kappa shape index (κ3) is 2.63. The molecule has 0 radical (unpaired) electrons. The van der Waals surface area contributed by atoms with Gasteiger partial charge in [0.1, 0.15) is 6.29 Å². The van der Waals surface area contributed by atoms with Crippen LogP contribution in [0.3, 0.4) is 0 Å². The van der Waals surface area contributed by atoms with Crippen molar-refractivity contribution in [1.29, 1.82) is 0 Å². The molecule has 0 saturated heterocycles. The van der Waals surface area contributed by atoms with Crippen LogP contribution in [0, 0.1) is 11.3 Å². The predicted octanol–water partition coefficient (Wildman–Crippen LogP) is 4.24. The van der Waals surface area contributed by atoms with Crippen molar-refractivity contribution in [2.24, 2.45) is 16.3 Å². The van der Waals surface area contributed by atoms with Crippen molar-refractivity contribution >= 4 is 12.0 Å². The summed E-state index contributed by atoms with van der Waals surface area (Å²) in [6, 6.07) is 0. The van der Waals surface area contributed by atoms with E-state index in [1.54, 1.807) is 6.20 Å². The van der Waals surface area contributed by atoms with E-state index in [1.807, 2.05) is 18.2 Å². The number of aldehydes is 1. The molecule has 2 heteroatoms. The summed E-state index contributed by atoms with van der Waals surface area (Å²) < 4.78 is 0. The maximum atomic E-state index is 11.4. The maximum Gasteiger partial charge on any atom is 0.148 e. The van der Waals surface area contributed by atoms with Gasteiger partial charge in [0, 0.05) is 11.8 Å². The Morgan fingerprint density at radius 1 is 1.37 bits per heavy atom. The Kier molecular flexibility index (Phi) is 4.52. The van der Waals surface area contributed by atoms with Gasteiger partial charge in [-0.25, -0.2) is 0 Å². The van der Waals surface area contributed by atoms with Gasteiger partial charge in [-0.05, 0) is 18.4 Å². The fourth-order valence-electron chi connectivity index (χ4n) is 3.08. The normalized spacial score (nSPS) is 25.8. The molecule has 0 bridgehead atoms. The van der Waals surface area contributed by atoms with E-state index >= 15 is 0 Å². The summed E-state index contributed by atoms with van der Waals surface area (Å²) >= 11 is 0. The number of allylic oxidation sites excluding steroid dienone is 5. The van der Waals surface area contributed by atoms with Gasteiger partial charge < -0.3 is 0 Å². The zero-order valence-electron chi connectivity index (χ0n) is 11.9. The highest BCUT2D eigenvalue weighted by Gasteiger charge is 2.41. The Balaban J connectivity index is 2.20. The molecule has 1 aliphatic carbocycles. The van der Waals surface area contributed by atoms with E-state index in [2.05, 4.69) is 24.9 Å². The van der Waals surface area contributed by atoms with Crippen molar-refractivity contribution in [3.63, 3.8) is 0 Å². The number of hydrogen-bond acceptors (Lipinski definition) is 2. The van der Waals surface area contributed by atoms with Gasteiger partial charge in [-0.1, -0.05) is 57.8 Å². The average Bonchev–Trinajstić information content (AvgIpc) is 2.81. The summed E-state index contributed by atoms with van der Waals surface area (Å²) in [6.07, 6.45) is 16.9. The molecule has 2 nitrogen and oxygen atoms in total. The number of fused-ring (bicyclic) bond motifs is 1. The molecule has 0 N–H and O–H groups in total. The molecule has 2 rings (SSSR count). The Hall–Kier alpha value is -1.44. The molecule has 2 unspecified atom stereocenters. The lowest BCUT2D eigenvalue weighted by atomic mass is 9.68. The maximum absolute atomic E-state index is 11.4. The third-order valence-corrected chi connectivity index (χ3v) is 4.34. The second kappa shape index (κ2) is 6.14. The second-order valence-corrected chi connectivity index (χ2v) is 5.53. The quantitative estimate of drug-likeness (QED) is 0.627. The van der Waals surface area contributed by atoms with Crippen LogP contribution in [0.1, 0.15) is 46.0 Å². The average molecular weight is 257 g/mol. The lowest BCUT2D eigenvalue weighted by Crippen LogP contribution is -2.32. The topological polar surface area (TPSA) is 29.4 Å². The summed E-state index contributed by atoms with van der Waals surface area (Å²) in [4.78, 5) is 15.8. The summed E-state index contributed by atoms with van der Waals surface area (Å²) in [5.41, 5.74) is 1.61. The first kappa shape index (κ1) is 14.0. The number of carbonyl (C=O) groups is 1. The number of aliphatic imine (C=N–C) groups is 1. The number of rotatable bonds is 7. The number of hydrogen-bond donors (Lipinski definition) is 0. The van der Waals surface area contributed by atoms with Gasteiger partial charge in [0.25, 0.3) is 0 Å². The van der Waals surface area contributed by atoms with Gasteiger partial charge >= 0.3 is 0 Å². The van der Waals surface area contributed by atoms with Gasteiger partial charge in [-0.3, -0.25) is 9.79 Å². The van der Waals surface area contributed by atoms with Gasteiger partial charge in [-0.15, -0.1) is 0 Å². The van der Waals surface area contributed by atoms with Crippen molar-refractivity contribution < 1.29 is 4.79 Å². The van der Waals surface area contributed by atoms with E-state index in [4.69, 9.17) is 0 Å². The molecule has 0 amide bonds. The molecule has 0 saturated carbocycles. The molecular formula is C17H23NO. The fraction of sp³-hybridized carbons (Fsp3) is 0.529. The SMILES string of the molecule is CCCCC(CC)CC12C=CC=CC1=NC=C2C=O. The first-order chi connectivity index (χ1) is 9.26. The van der Waals surface area contributed by atoms with E-state index in [9.17, 15) is 4.79 Å². The van der Waals surface area contributed by atoms with Crippen LogP contribution >= 0.6 is 0 Å². The Bertz CT molecular complexity index is 442. The predicted molar refractivity (Wildman–Crippen MR) is 80.2 cm³/mol. The lowest BCUT2D eigenvalue weighted by Gasteiger charge is -2.33. The molecule has 0 fully saturated rings. The first-order valence-corrected chi connectivity index (χ1v) is 7.36. The van der Waals surface area contributed by atoms with E-state index < -0.39 is 0 Å². The van der Waals surface area contributed by atoms with Crippen LogP contribution in [-0.2, 0) is 4.79 Å². The molecule has 0 spiro atoms. The van der Waals surface area contributed by atoms with Gasteiger partial charge in [0.2, 0.25) is 0 Å². The molecule has 2 aliphatic rings. The smallest absolute Gasteiger partial charge is 0.148 e. The van der Waals surface area contributed by atoms with Crippen molar-refractivity contribution in [3.8, 4) is 0 Å². The first-order valence-electron chi connectivity index (χ1n) is 7.36. The summed E-state index contributed by atoms with van der Waals surface area (Å²) in [6.45, 7) is 4.48. The molecule has 1 heterocycles. The minimum atomic E-state index is -0.245. The molecule has 19 heavy (non-hydrogen) atoms. The van der Waals surface area contributed by atoms with Crippen molar-refractivity contribution in [2.45, 2.75) is 46.0 Å². The Labute approximate surface area is 116 Å². The zero-order chi connectivity index (χ0) is 13.7. The van der Waals surface area contributed by atoms with Crippen LogP contribution in [0.2, 0.25) is 0 Å². The van der Waals surface area contributed by atoms with Gasteiger partial charge in [-0.2, -0.15) is 0 Å². The Morgan fingerprint density at radius 2 is 2.21 bits per heavy atom. The third-order valence-electron chi connectivity index (χ3n) is 4.34. The van der Waals surface area contributed by atoms with E-state index in [0.717, 1.165) is 24.0 Å². The minimum absolute atomic E-state index is 0.245. The molecular weight excluding hydrogens is 234 g/mol. The van der Waals surface area contributed by atoms with Crippen LogP contribution in [-0.4, -0.2) is 12.0 Å². The largest absolute Gasteiger partial charge is 0.298 e. The van der Waals surface area contributed by atoms with Crippen LogP contribution in [0.25, 0.3) is 0 Å². The number of unbranched alkanes of at least 4 members (excludes halogenated alkanes) is 1. The molecule has 0 aromatic rings. The highest BCUT2D eigenvalue weighted by molar-refractivity contribution is 6.10. The number of nitrogens with zero attached hydrogens (tertiary/aromatic N) is 1. The zero-order valence-corrected chi connectivity index (χ0v) is 11.9. The minimum Gasteiger partial charge on any atom is -0.298 e. The molecule has 1 aliphatic heterocycles. The summed E-state index contributed by atoms with van der Waals surface area (Å²) in [5.74, 6) is 0.655. The van der Waals surface area contributed by atoms with Crippen LogP contribution in [0.4, 0.5) is 0 Å². The number of carbonyl (C=O) groups excluding carboxylic acids is 1. The molecule has 0 aromatic heterocycles. The molecule has 2 atom stereocenters. The second-order valence-electron chi connectivity index (χ2n) is 5.53. The Morgan fingerprint density at radius 3 is 2.89 bits per heavy atom. The van der Waals surface area contributed by atoms with Crippen molar-refractivity contribution in [2.75, 3.05) is 0 Å². The fourth-order valence-corrected chi connectivity index (χ4v) is 3.08. The van der Waals surface area contributed by atoms with E-state index in [-0.39, 0.29) is 5.41 Å². The van der Waals surface area contributed by atoms with Gasteiger partial charge in [0.15, 0.2) is 0 Å². The van der Waals surface area contributed by atoms with E-state index in [1.165, 1.54) is 25.7 Å². The molecule has 102 valence electrons. The van der Waals surface area contributed by atoms with Gasteiger partial charge in [0.05, 0.1) is 11.1 Å². The molecule has 0 aromatic carbocycles. The highest BCUT2D eigenvalue weighted by atomic mass is 16.1. The summed E-state index contributed by atoms with van der Waals surface area (Å²) in [7, 11) is 0. The standard InChI is InChI=1S/C17H23NO/c1-3-5-8-14(4-2)11-17-10-7-6-9-16(17)18-12-15(17)13-19/h6-7,9-10,12-14H,3-5,8,11H2,1-2H3. The van der Waals surface area contributed by atoms with E-state index in [0.29, 0.717) is 5.92 Å². The summed E-state index contributed by atoms with van der Waals surface area (Å²) in [5, 5.41) is 0. The monoisotopic (exact) mass is 257 g/mol. The lowest BCUT2D eigenvalue weighted by molar-refractivity contribution is -0.105.